The average Bonchev–Trinajstić information content (AvgIpc) is 2.34. The predicted molar refractivity (Wildman–Crippen MR) is 59.0 cm³/mol. The number of allylic oxidation sites excluding steroid dienone is 4. The Balaban J connectivity index is -0.000000333. The van der Waals surface area contributed by atoms with Crippen LogP contribution in [0.25, 0.3) is 0 Å². The standard InChI is InChI=1S/C10H15.2ClH.Zr/c1-4-9-5-6-10(7-9)8(2)3;;;/h5,7-8,10H,4H2,1-3H3;2*1H;/q-1;;;. The van der Waals surface area contributed by atoms with Gasteiger partial charge >= 0.3 is 0 Å². The fraction of sp³-hybridized carbons (Fsp3) is 0.600. The fourth-order valence-corrected chi connectivity index (χ4v) is 1.13. The van der Waals surface area contributed by atoms with Gasteiger partial charge in [-0.1, -0.05) is 39.0 Å². The minimum atomic E-state index is 0. The summed E-state index contributed by atoms with van der Waals surface area (Å²) in [5, 5.41) is 0. The Labute approximate surface area is 113 Å². The zero-order chi connectivity index (χ0) is 7.56. The Morgan fingerprint density at radius 3 is 2.15 bits per heavy atom. The van der Waals surface area contributed by atoms with E-state index in [0.29, 0.717) is 11.8 Å². The van der Waals surface area contributed by atoms with E-state index in [1.165, 1.54) is 5.57 Å². The summed E-state index contributed by atoms with van der Waals surface area (Å²) in [5.74, 6) is 1.29. The third-order valence-electron chi connectivity index (χ3n) is 1.98. The first-order valence-corrected chi connectivity index (χ1v) is 4.04. The van der Waals surface area contributed by atoms with Crippen LogP contribution in [-0.2, 0) is 26.2 Å². The fourth-order valence-electron chi connectivity index (χ4n) is 1.13. The maximum Gasteiger partial charge on any atom is 0 e. The quantitative estimate of drug-likeness (QED) is 0.680. The number of halogens is 2. The summed E-state index contributed by atoms with van der Waals surface area (Å²) in [4.78, 5) is 0. The first-order chi connectivity index (χ1) is 4.74. The second kappa shape index (κ2) is 9.50. The summed E-state index contributed by atoms with van der Waals surface area (Å²) in [6.07, 6.45) is 8.94. The van der Waals surface area contributed by atoms with Crippen LogP contribution < -0.4 is 0 Å². The van der Waals surface area contributed by atoms with E-state index in [-0.39, 0.29) is 51.0 Å². The molecule has 0 radical (unpaired) electrons. The summed E-state index contributed by atoms with van der Waals surface area (Å²) < 4.78 is 0. The summed E-state index contributed by atoms with van der Waals surface area (Å²) in [6.45, 7) is 6.66. The van der Waals surface area contributed by atoms with Gasteiger partial charge in [-0.3, -0.25) is 6.08 Å². The molecule has 13 heavy (non-hydrogen) atoms. The monoisotopic (exact) mass is 297 g/mol. The summed E-state index contributed by atoms with van der Waals surface area (Å²) >= 11 is 0. The van der Waals surface area contributed by atoms with Crippen molar-refractivity contribution in [1.82, 2.24) is 0 Å². The molecule has 0 aromatic heterocycles. The topological polar surface area (TPSA) is 0 Å². The Morgan fingerprint density at radius 1 is 1.38 bits per heavy atom. The molecule has 0 heterocycles. The molecule has 0 amide bonds. The van der Waals surface area contributed by atoms with Crippen molar-refractivity contribution < 1.29 is 26.2 Å². The largest absolute Gasteiger partial charge is 0.269 e. The van der Waals surface area contributed by atoms with Crippen molar-refractivity contribution in [1.29, 1.82) is 0 Å². The van der Waals surface area contributed by atoms with Crippen LogP contribution in [0.4, 0.5) is 0 Å². The SMILES string of the molecule is CCC1=CC(C(C)C)[C-]=C1.Cl.Cl.[Zr]. The normalized spacial score (nSPS) is 18.5. The molecule has 0 aliphatic heterocycles. The van der Waals surface area contributed by atoms with Gasteiger partial charge in [-0.2, -0.15) is 6.08 Å². The van der Waals surface area contributed by atoms with Gasteiger partial charge in [-0.25, -0.2) is 11.6 Å². The number of hydrogen-bond donors (Lipinski definition) is 0. The van der Waals surface area contributed by atoms with Gasteiger partial charge in [-0.05, 0) is 0 Å². The number of hydrogen-bond acceptors (Lipinski definition) is 0. The zero-order valence-electron chi connectivity index (χ0n) is 8.33. The van der Waals surface area contributed by atoms with E-state index >= 15 is 0 Å². The van der Waals surface area contributed by atoms with Crippen molar-refractivity contribution in [2.75, 3.05) is 0 Å². The van der Waals surface area contributed by atoms with E-state index in [9.17, 15) is 0 Å². The maximum absolute atomic E-state index is 3.34. The molecule has 0 nitrogen and oxygen atoms in total. The van der Waals surface area contributed by atoms with E-state index in [1.54, 1.807) is 0 Å². The molecule has 0 N–H and O–H groups in total. The Kier molecular flexibility index (Phi) is 14.2. The average molecular weight is 299 g/mol. The molecule has 1 aliphatic rings. The molecule has 0 spiro atoms. The molecule has 0 bridgehead atoms. The van der Waals surface area contributed by atoms with Crippen molar-refractivity contribution in [2.24, 2.45) is 11.8 Å². The van der Waals surface area contributed by atoms with E-state index < -0.39 is 0 Å². The van der Waals surface area contributed by atoms with E-state index in [2.05, 4.69) is 39.0 Å². The van der Waals surface area contributed by atoms with E-state index in [1.807, 2.05) is 0 Å². The molecular weight excluding hydrogens is 282 g/mol. The van der Waals surface area contributed by atoms with Crippen LogP contribution in [0.3, 0.4) is 0 Å². The molecule has 3 heteroatoms. The van der Waals surface area contributed by atoms with Gasteiger partial charge in [0.05, 0.1) is 0 Å². The number of rotatable bonds is 2. The van der Waals surface area contributed by atoms with Crippen molar-refractivity contribution in [2.45, 2.75) is 27.2 Å². The minimum absolute atomic E-state index is 0. The third kappa shape index (κ3) is 6.10. The van der Waals surface area contributed by atoms with Crippen LogP contribution >= 0.6 is 24.8 Å². The van der Waals surface area contributed by atoms with Gasteiger partial charge in [0.15, 0.2) is 0 Å². The first-order valence-electron chi connectivity index (χ1n) is 4.04. The smallest absolute Gasteiger partial charge is 0 e. The maximum atomic E-state index is 3.34. The predicted octanol–water partition coefficient (Wildman–Crippen LogP) is 3.81. The van der Waals surface area contributed by atoms with Crippen molar-refractivity contribution in [3.05, 3.63) is 23.8 Å². The summed E-state index contributed by atoms with van der Waals surface area (Å²) in [7, 11) is 0. The van der Waals surface area contributed by atoms with Crippen LogP contribution in [-0.4, -0.2) is 0 Å². The van der Waals surface area contributed by atoms with Crippen LogP contribution in [0.1, 0.15) is 27.2 Å². The molecule has 1 atom stereocenters. The van der Waals surface area contributed by atoms with Gasteiger partial charge in [-0.15, -0.1) is 24.8 Å². The summed E-state index contributed by atoms with van der Waals surface area (Å²) in [5.41, 5.74) is 1.44. The van der Waals surface area contributed by atoms with Crippen molar-refractivity contribution >= 4 is 24.8 Å². The molecular formula is C10H17Cl2Zr-. The molecule has 1 unspecified atom stereocenters. The third-order valence-corrected chi connectivity index (χ3v) is 1.98. The van der Waals surface area contributed by atoms with Crippen LogP contribution in [0.2, 0.25) is 0 Å². The first kappa shape index (κ1) is 19.5. The Hall–Kier alpha value is 0.943. The second-order valence-corrected chi connectivity index (χ2v) is 3.18. The van der Waals surface area contributed by atoms with Crippen molar-refractivity contribution in [3.8, 4) is 0 Å². The van der Waals surface area contributed by atoms with E-state index in [4.69, 9.17) is 0 Å². The van der Waals surface area contributed by atoms with Crippen LogP contribution in [0, 0.1) is 17.9 Å². The molecule has 1 rings (SSSR count). The molecule has 76 valence electrons. The van der Waals surface area contributed by atoms with Gasteiger partial charge in [0, 0.05) is 26.2 Å². The molecule has 0 fully saturated rings. The molecule has 0 saturated carbocycles. The Morgan fingerprint density at radius 2 is 1.92 bits per heavy atom. The van der Waals surface area contributed by atoms with Crippen LogP contribution in [0.5, 0.6) is 0 Å². The molecule has 0 saturated heterocycles. The second-order valence-electron chi connectivity index (χ2n) is 3.18. The molecule has 1 aliphatic carbocycles. The van der Waals surface area contributed by atoms with Crippen molar-refractivity contribution in [3.63, 3.8) is 0 Å². The zero-order valence-corrected chi connectivity index (χ0v) is 12.4. The molecule has 0 aromatic rings. The van der Waals surface area contributed by atoms with Gasteiger partial charge in [0.25, 0.3) is 0 Å². The Bertz CT molecular complexity index is 174. The molecule has 0 aromatic carbocycles. The van der Waals surface area contributed by atoms with E-state index in [0.717, 1.165) is 6.42 Å². The minimum Gasteiger partial charge on any atom is -0.269 e. The summed E-state index contributed by atoms with van der Waals surface area (Å²) in [6, 6.07) is 0. The van der Waals surface area contributed by atoms with Gasteiger partial charge in [0.1, 0.15) is 0 Å². The van der Waals surface area contributed by atoms with Crippen LogP contribution in [0.15, 0.2) is 17.7 Å². The van der Waals surface area contributed by atoms with Gasteiger partial charge in [0.2, 0.25) is 0 Å². The van der Waals surface area contributed by atoms with Gasteiger partial charge < -0.3 is 0 Å².